The number of carboxylic acid groups (broad SMARTS) is 1. The molecular weight excluding hydrogens is 220 g/mol. The van der Waals surface area contributed by atoms with E-state index in [1.165, 1.54) is 0 Å². The molecule has 2 atom stereocenters. The van der Waals surface area contributed by atoms with Gasteiger partial charge in [0.05, 0.1) is 5.92 Å². The van der Waals surface area contributed by atoms with Crippen LogP contribution in [0, 0.1) is 5.92 Å². The first kappa shape index (κ1) is 15.7. The van der Waals surface area contributed by atoms with Gasteiger partial charge in [-0.15, -0.1) is 0 Å². The van der Waals surface area contributed by atoms with E-state index in [9.17, 15) is 9.59 Å². The summed E-state index contributed by atoms with van der Waals surface area (Å²) in [6, 6.07) is -0.0574. The van der Waals surface area contributed by atoms with E-state index in [2.05, 4.69) is 17.6 Å². The molecule has 0 heterocycles. The average Bonchev–Trinajstić information content (AvgIpc) is 2.25. The van der Waals surface area contributed by atoms with Crippen LogP contribution in [0.15, 0.2) is 0 Å². The molecule has 17 heavy (non-hydrogen) atoms. The number of amides is 2. The number of nitrogens with one attached hydrogen (secondary N) is 2. The van der Waals surface area contributed by atoms with Crippen LogP contribution >= 0.6 is 0 Å². The van der Waals surface area contributed by atoms with Gasteiger partial charge in [0.25, 0.3) is 0 Å². The maximum Gasteiger partial charge on any atom is 0.314 e. The molecule has 5 nitrogen and oxygen atoms in total. The number of hydrogen-bond donors (Lipinski definition) is 3. The molecular formula is C12H24N2O3. The van der Waals surface area contributed by atoms with Crippen LogP contribution in [0.3, 0.4) is 0 Å². The Morgan fingerprint density at radius 2 is 1.88 bits per heavy atom. The third kappa shape index (κ3) is 8.54. The predicted octanol–water partition coefficient (Wildman–Crippen LogP) is 1.98. The van der Waals surface area contributed by atoms with Crippen LogP contribution < -0.4 is 10.6 Å². The summed E-state index contributed by atoms with van der Waals surface area (Å²) >= 11 is 0. The van der Waals surface area contributed by atoms with Crippen molar-refractivity contribution in [3.8, 4) is 0 Å². The van der Waals surface area contributed by atoms with Gasteiger partial charge in [-0.25, -0.2) is 4.79 Å². The molecule has 5 heteroatoms. The second-order valence-electron chi connectivity index (χ2n) is 4.47. The highest BCUT2D eigenvalue weighted by molar-refractivity contribution is 5.74. The highest BCUT2D eigenvalue weighted by Crippen LogP contribution is 2.00. The van der Waals surface area contributed by atoms with E-state index >= 15 is 0 Å². The highest BCUT2D eigenvalue weighted by Gasteiger charge is 2.11. The first-order chi connectivity index (χ1) is 7.97. The molecule has 0 aliphatic rings. The van der Waals surface area contributed by atoms with Crippen LogP contribution in [0.5, 0.6) is 0 Å². The van der Waals surface area contributed by atoms with Gasteiger partial charge in [0.1, 0.15) is 0 Å². The quantitative estimate of drug-likeness (QED) is 0.611. The van der Waals surface area contributed by atoms with Gasteiger partial charge in [0.2, 0.25) is 0 Å². The monoisotopic (exact) mass is 244 g/mol. The van der Waals surface area contributed by atoms with Crippen LogP contribution in [-0.4, -0.2) is 29.7 Å². The van der Waals surface area contributed by atoms with Crippen LogP contribution in [-0.2, 0) is 4.79 Å². The Morgan fingerprint density at radius 3 is 2.41 bits per heavy atom. The van der Waals surface area contributed by atoms with Crippen molar-refractivity contribution in [1.82, 2.24) is 10.6 Å². The number of hydrogen-bond acceptors (Lipinski definition) is 2. The number of unbranched alkanes of at least 4 members (excludes halogenated alkanes) is 1. The Hall–Kier alpha value is -1.26. The lowest BCUT2D eigenvalue weighted by molar-refractivity contribution is -0.141. The molecule has 0 saturated carbocycles. The Labute approximate surface area is 103 Å². The van der Waals surface area contributed by atoms with Crippen molar-refractivity contribution in [2.45, 2.75) is 52.5 Å². The van der Waals surface area contributed by atoms with Gasteiger partial charge in [0, 0.05) is 12.6 Å². The summed E-state index contributed by atoms with van der Waals surface area (Å²) in [4.78, 5) is 21.9. The van der Waals surface area contributed by atoms with E-state index < -0.39 is 11.9 Å². The molecule has 0 fully saturated rings. The zero-order valence-electron chi connectivity index (χ0n) is 11.0. The summed E-state index contributed by atoms with van der Waals surface area (Å²) in [6.07, 6.45) is 3.63. The molecule has 0 radical (unpaired) electrons. The van der Waals surface area contributed by atoms with Gasteiger partial charge < -0.3 is 15.7 Å². The summed E-state index contributed by atoms with van der Waals surface area (Å²) in [6.45, 7) is 6.10. The van der Waals surface area contributed by atoms with Crippen molar-refractivity contribution in [2.75, 3.05) is 6.54 Å². The molecule has 0 aliphatic heterocycles. The lowest BCUT2D eigenvalue weighted by Gasteiger charge is -2.14. The van der Waals surface area contributed by atoms with Gasteiger partial charge in [-0.05, 0) is 19.8 Å². The Balaban J connectivity index is 3.62. The topological polar surface area (TPSA) is 78.4 Å². The van der Waals surface area contributed by atoms with Gasteiger partial charge in [0.15, 0.2) is 0 Å². The molecule has 0 aromatic carbocycles. The van der Waals surface area contributed by atoms with E-state index in [-0.39, 0.29) is 12.1 Å². The first-order valence-electron chi connectivity index (χ1n) is 6.24. The van der Waals surface area contributed by atoms with Crippen molar-refractivity contribution in [2.24, 2.45) is 5.92 Å². The standard InChI is InChI=1S/C12H24N2O3/c1-4-5-6-10(3)14-12(17)13-8-7-9(2)11(15)16/h9-10H,4-8H2,1-3H3,(H,15,16)(H2,13,14,17). The van der Waals surface area contributed by atoms with Crippen molar-refractivity contribution >= 4 is 12.0 Å². The van der Waals surface area contributed by atoms with Crippen molar-refractivity contribution in [3.05, 3.63) is 0 Å². The normalized spacial score (nSPS) is 13.8. The zero-order valence-corrected chi connectivity index (χ0v) is 11.0. The molecule has 0 aliphatic carbocycles. The third-order valence-corrected chi connectivity index (χ3v) is 2.65. The van der Waals surface area contributed by atoms with E-state index in [0.29, 0.717) is 13.0 Å². The summed E-state index contributed by atoms with van der Waals surface area (Å²) in [7, 11) is 0. The van der Waals surface area contributed by atoms with Gasteiger partial charge >= 0.3 is 12.0 Å². The number of carbonyl (C=O) groups excluding carboxylic acids is 1. The molecule has 100 valence electrons. The summed E-state index contributed by atoms with van der Waals surface area (Å²) in [5.41, 5.74) is 0. The summed E-state index contributed by atoms with van der Waals surface area (Å²) in [5, 5.41) is 14.1. The van der Waals surface area contributed by atoms with Gasteiger partial charge in [-0.1, -0.05) is 26.7 Å². The van der Waals surface area contributed by atoms with E-state index in [1.54, 1.807) is 6.92 Å². The van der Waals surface area contributed by atoms with Crippen LogP contribution in [0.4, 0.5) is 4.79 Å². The summed E-state index contributed by atoms with van der Waals surface area (Å²) < 4.78 is 0. The number of urea groups is 1. The Bertz CT molecular complexity index is 244. The third-order valence-electron chi connectivity index (χ3n) is 2.65. The minimum absolute atomic E-state index is 0.159. The number of aliphatic carboxylic acids is 1. The molecule has 2 amide bonds. The van der Waals surface area contributed by atoms with Gasteiger partial charge in [-0.2, -0.15) is 0 Å². The summed E-state index contributed by atoms with van der Waals surface area (Å²) in [5.74, 6) is -1.25. The van der Waals surface area contributed by atoms with E-state index in [4.69, 9.17) is 5.11 Å². The van der Waals surface area contributed by atoms with E-state index in [1.807, 2.05) is 6.92 Å². The fraction of sp³-hybridized carbons (Fsp3) is 0.833. The number of carboxylic acids is 1. The van der Waals surface area contributed by atoms with Gasteiger partial charge in [-0.3, -0.25) is 4.79 Å². The Morgan fingerprint density at radius 1 is 1.24 bits per heavy atom. The molecule has 0 rings (SSSR count). The zero-order chi connectivity index (χ0) is 13.3. The molecule has 0 spiro atoms. The molecule has 2 unspecified atom stereocenters. The first-order valence-corrected chi connectivity index (χ1v) is 6.24. The predicted molar refractivity (Wildman–Crippen MR) is 66.9 cm³/mol. The molecule has 0 aromatic rings. The minimum atomic E-state index is -0.830. The highest BCUT2D eigenvalue weighted by atomic mass is 16.4. The van der Waals surface area contributed by atoms with Crippen molar-refractivity contribution in [3.63, 3.8) is 0 Å². The SMILES string of the molecule is CCCCC(C)NC(=O)NCCC(C)C(=O)O. The number of carbonyl (C=O) groups is 2. The minimum Gasteiger partial charge on any atom is -0.481 e. The molecule has 0 saturated heterocycles. The molecule has 0 aromatic heterocycles. The van der Waals surface area contributed by atoms with Crippen LogP contribution in [0.25, 0.3) is 0 Å². The molecule has 0 bridgehead atoms. The fourth-order valence-corrected chi connectivity index (χ4v) is 1.38. The van der Waals surface area contributed by atoms with Crippen LogP contribution in [0.1, 0.15) is 46.5 Å². The van der Waals surface area contributed by atoms with Crippen molar-refractivity contribution in [1.29, 1.82) is 0 Å². The van der Waals surface area contributed by atoms with Crippen LogP contribution in [0.2, 0.25) is 0 Å². The van der Waals surface area contributed by atoms with E-state index in [0.717, 1.165) is 19.3 Å². The maximum absolute atomic E-state index is 11.4. The average molecular weight is 244 g/mol. The fourth-order valence-electron chi connectivity index (χ4n) is 1.38. The number of rotatable bonds is 8. The molecule has 3 N–H and O–H groups in total. The second-order valence-corrected chi connectivity index (χ2v) is 4.47. The smallest absolute Gasteiger partial charge is 0.314 e. The Kier molecular flexibility index (Phi) is 8.19. The lowest BCUT2D eigenvalue weighted by atomic mass is 10.1. The maximum atomic E-state index is 11.4. The van der Waals surface area contributed by atoms with Crippen molar-refractivity contribution < 1.29 is 14.7 Å². The second kappa shape index (κ2) is 8.84. The largest absolute Gasteiger partial charge is 0.481 e. The lowest BCUT2D eigenvalue weighted by Crippen LogP contribution is -2.41.